The molecule has 1 aliphatic carbocycles. The molecule has 7 heteroatoms. The zero-order valence-corrected chi connectivity index (χ0v) is 18.6. The summed E-state index contributed by atoms with van der Waals surface area (Å²) in [5, 5.41) is 0. The van der Waals surface area contributed by atoms with Gasteiger partial charge in [-0.3, -0.25) is 14.5 Å². The van der Waals surface area contributed by atoms with Crippen LogP contribution in [-0.2, 0) is 13.0 Å². The third-order valence-electron chi connectivity index (χ3n) is 7.59. The van der Waals surface area contributed by atoms with Gasteiger partial charge in [0, 0.05) is 30.6 Å². The van der Waals surface area contributed by atoms with Crippen LogP contribution in [0.3, 0.4) is 0 Å². The molecule has 1 aromatic carbocycles. The van der Waals surface area contributed by atoms with E-state index in [0.717, 1.165) is 31.3 Å². The molecule has 2 fully saturated rings. The van der Waals surface area contributed by atoms with Gasteiger partial charge >= 0.3 is 0 Å². The third kappa shape index (κ3) is 4.10. The maximum atomic E-state index is 14.1. The summed E-state index contributed by atoms with van der Waals surface area (Å²) in [7, 11) is 0. The summed E-state index contributed by atoms with van der Waals surface area (Å²) < 4.78 is 14.1. The monoisotopic (exact) mass is 438 g/mol. The van der Waals surface area contributed by atoms with Gasteiger partial charge in [0.25, 0.3) is 11.5 Å². The molecule has 1 amide bonds. The molecule has 0 unspecified atom stereocenters. The van der Waals surface area contributed by atoms with Crippen LogP contribution in [0.5, 0.6) is 0 Å². The molecule has 1 aromatic heterocycles. The first kappa shape index (κ1) is 21.3. The van der Waals surface area contributed by atoms with Crippen LogP contribution in [0.1, 0.15) is 72.4 Å². The number of hydrogen-bond acceptors (Lipinski definition) is 4. The fraction of sp³-hybridized carbons (Fsp3) is 0.560. The molecule has 1 saturated heterocycles. The van der Waals surface area contributed by atoms with E-state index in [1.807, 2.05) is 0 Å². The number of benzene rings is 1. The summed E-state index contributed by atoms with van der Waals surface area (Å²) in [5.41, 5.74) is 1.29. The molecular formula is C25H31FN4O2. The van der Waals surface area contributed by atoms with Gasteiger partial charge in [-0.15, -0.1) is 0 Å². The number of halogens is 1. The number of hydrogen-bond donors (Lipinski definition) is 1. The first-order valence-electron chi connectivity index (χ1n) is 11.9. The Kier molecular flexibility index (Phi) is 5.84. The Morgan fingerprint density at radius 1 is 1.12 bits per heavy atom. The number of carbonyl (C=O) groups excluding carboxylic acids is 1. The standard InChI is InChI=1S/C25H31FN4O2/c1-16-6-8-18(9-7-16)29-12-10-17(14-29)23-27-22-15-30(13-11-20(22)24(31)28-23)25(32)19-4-2-3-5-21(19)26/h2-5,16-18H,6-15H2,1H3,(H,27,28,31)/t16?,17-,18?/m0/s1. The van der Waals surface area contributed by atoms with Gasteiger partial charge in [-0.05, 0) is 63.1 Å². The van der Waals surface area contributed by atoms with E-state index < -0.39 is 5.82 Å². The average molecular weight is 439 g/mol. The highest BCUT2D eigenvalue weighted by Crippen LogP contribution is 2.33. The molecule has 1 N–H and O–H groups in total. The predicted molar refractivity (Wildman–Crippen MR) is 120 cm³/mol. The van der Waals surface area contributed by atoms with Crippen molar-refractivity contribution < 1.29 is 9.18 Å². The SMILES string of the molecule is CC1CCC(N2CC[C@H](c3nc4c(c(=O)[nH]3)CCN(C(=O)c3ccccc3F)C4)C2)CC1. The number of amides is 1. The Bertz CT molecular complexity index is 1060. The summed E-state index contributed by atoms with van der Waals surface area (Å²) in [4.78, 5) is 37.7. The van der Waals surface area contributed by atoms with Gasteiger partial charge in [-0.1, -0.05) is 19.1 Å². The Balaban J connectivity index is 1.32. The smallest absolute Gasteiger partial charge is 0.257 e. The van der Waals surface area contributed by atoms with Crippen LogP contribution in [0.15, 0.2) is 29.1 Å². The Labute approximate surface area is 187 Å². The van der Waals surface area contributed by atoms with Gasteiger partial charge in [-0.25, -0.2) is 9.37 Å². The molecule has 32 heavy (non-hydrogen) atoms. The zero-order valence-electron chi connectivity index (χ0n) is 18.6. The van der Waals surface area contributed by atoms with Crippen molar-refractivity contribution in [2.45, 2.75) is 64.0 Å². The normalized spacial score (nSPS) is 26.2. The summed E-state index contributed by atoms with van der Waals surface area (Å²) in [5.74, 6) is 0.908. The minimum atomic E-state index is -0.522. The molecule has 2 aromatic rings. The molecular weight excluding hydrogens is 407 g/mol. The lowest BCUT2D eigenvalue weighted by Crippen LogP contribution is -2.40. The molecule has 170 valence electrons. The minimum Gasteiger partial charge on any atom is -0.332 e. The maximum absolute atomic E-state index is 14.1. The Morgan fingerprint density at radius 3 is 2.69 bits per heavy atom. The Morgan fingerprint density at radius 2 is 1.91 bits per heavy atom. The van der Waals surface area contributed by atoms with Crippen LogP contribution in [0.4, 0.5) is 4.39 Å². The lowest BCUT2D eigenvalue weighted by molar-refractivity contribution is 0.0726. The van der Waals surface area contributed by atoms with E-state index in [4.69, 9.17) is 4.98 Å². The van der Waals surface area contributed by atoms with Crippen LogP contribution in [0.2, 0.25) is 0 Å². The van der Waals surface area contributed by atoms with Gasteiger partial charge in [-0.2, -0.15) is 0 Å². The first-order valence-corrected chi connectivity index (χ1v) is 11.9. The summed E-state index contributed by atoms with van der Waals surface area (Å²) in [6, 6.07) is 6.68. The van der Waals surface area contributed by atoms with Crippen LogP contribution < -0.4 is 5.56 Å². The molecule has 0 bridgehead atoms. The number of nitrogens with one attached hydrogen (secondary N) is 1. The van der Waals surface area contributed by atoms with E-state index >= 15 is 0 Å². The fourth-order valence-corrected chi connectivity index (χ4v) is 5.58. The second-order valence-corrected chi connectivity index (χ2v) is 9.73. The first-order chi connectivity index (χ1) is 15.5. The number of nitrogens with zero attached hydrogens (tertiary/aromatic N) is 3. The number of likely N-dealkylation sites (tertiary alicyclic amines) is 1. The van der Waals surface area contributed by atoms with Crippen molar-refractivity contribution in [2.24, 2.45) is 5.92 Å². The number of rotatable bonds is 3. The van der Waals surface area contributed by atoms with Crippen LogP contribution in [0.25, 0.3) is 0 Å². The number of aromatic amines is 1. The molecule has 3 aliphatic rings. The molecule has 1 saturated carbocycles. The van der Waals surface area contributed by atoms with E-state index in [9.17, 15) is 14.0 Å². The lowest BCUT2D eigenvalue weighted by atomic mass is 9.87. The quantitative estimate of drug-likeness (QED) is 0.797. The largest absolute Gasteiger partial charge is 0.332 e. The molecule has 0 spiro atoms. The highest BCUT2D eigenvalue weighted by molar-refractivity contribution is 5.94. The van der Waals surface area contributed by atoms with Crippen molar-refractivity contribution in [2.75, 3.05) is 19.6 Å². The second-order valence-electron chi connectivity index (χ2n) is 9.73. The number of aromatic nitrogens is 2. The molecule has 1 atom stereocenters. The van der Waals surface area contributed by atoms with Crippen molar-refractivity contribution >= 4 is 5.91 Å². The molecule has 3 heterocycles. The van der Waals surface area contributed by atoms with Gasteiger partial charge in [0.05, 0.1) is 17.8 Å². The van der Waals surface area contributed by atoms with E-state index in [1.165, 1.54) is 37.8 Å². The van der Waals surface area contributed by atoms with Gasteiger partial charge in [0.2, 0.25) is 0 Å². The maximum Gasteiger partial charge on any atom is 0.257 e. The van der Waals surface area contributed by atoms with Gasteiger partial charge in [0.1, 0.15) is 11.6 Å². The molecule has 0 radical (unpaired) electrons. The summed E-state index contributed by atoms with van der Waals surface area (Å²) >= 11 is 0. The molecule has 2 aliphatic heterocycles. The highest BCUT2D eigenvalue weighted by Gasteiger charge is 2.33. The average Bonchev–Trinajstić information content (AvgIpc) is 3.29. The van der Waals surface area contributed by atoms with Crippen molar-refractivity contribution in [3.8, 4) is 0 Å². The van der Waals surface area contributed by atoms with Crippen molar-refractivity contribution in [3.05, 3.63) is 63.1 Å². The summed E-state index contributed by atoms with van der Waals surface area (Å²) in [6.07, 6.45) is 6.54. The second kappa shape index (κ2) is 8.77. The van der Waals surface area contributed by atoms with Crippen LogP contribution in [-0.4, -0.2) is 51.4 Å². The predicted octanol–water partition coefficient (Wildman–Crippen LogP) is 3.48. The highest BCUT2D eigenvalue weighted by atomic mass is 19.1. The summed E-state index contributed by atoms with van der Waals surface area (Å²) in [6.45, 7) is 4.95. The third-order valence-corrected chi connectivity index (χ3v) is 7.59. The minimum absolute atomic E-state index is 0.0641. The topological polar surface area (TPSA) is 69.3 Å². The van der Waals surface area contributed by atoms with Crippen molar-refractivity contribution in [1.29, 1.82) is 0 Å². The van der Waals surface area contributed by atoms with Gasteiger partial charge in [0.15, 0.2) is 0 Å². The van der Waals surface area contributed by atoms with Crippen LogP contribution >= 0.6 is 0 Å². The fourth-order valence-electron chi connectivity index (χ4n) is 5.58. The van der Waals surface area contributed by atoms with E-state index in [2.05, 4.69) is 16.8 Å². The van der Waals surface area contributed by atoms with E-state index in [-0.39, 0.29) is 29.5 Å². The molecule has 6 nitrogen and oxygen atoms in total. The van der Waals surface area contributed by atoms with E-state index in [1.54, 1.807) is 17.0 Å². The van der Waals surface area contributed by atoms with Crippen LogP contribution in [0, 0.1) is 11.7 Å². The van der Waals surface area contributed by atoms with Crippen molar-refractivity contribution in [3.63, 3.8) is 0 Å². The van der Waals surface area contributed by atoms with Gasteiger partial charge < -0.3 is 9.88 Å². The number of fused-ring (bicyclic) bond motifs is 1. The Hall–Kier alpha value is -2.54. The number of carbonyl (C=O) groups is 1. The molecule has 5 rings (SSSR count). The zero-order chi connectivity index (χ0) is 22.2. The van der Waals surface area contributed by atoms with E-state index in [0.29, 0.717) is 30.3 Å². The number of H-pyrrole nitrogens is 1. The lowest BCUT2D eigenvalue weighted by Gasteiger charge is -2.33. The van der Waals surface area contributed by atoms with Crippen molar-refractivity contribution in [1.82, 2.24) is 19.8 Å².